The number of benzene rings is 1. The Labute approximate surface area is 202 Å². The predicted molar refractivity (Wildman–Crippen MR) is 137 cm³/mol. The van der Waals surface area contributed by atoms with Crippen LogP contribution in [0, 0.1) is 17.3 Å². The average molecular weight is 455 g/mol. The predicted octanol–water partition coefficient (Wildman–Crippen LogP) is 8.41. The van der Waals surface area contributed by atoms with Gasteiger partial charge in [-0.05, 0) is 73.1 Å². The van der Waals surface area contributed by atoms with Crippen LogP contribution in [0.5, 0.6) is 5.75 Å². The lowest BCUT2D eigenvalue weighted by Gasteiger charge is -2.34. The van der Waals surface area contributed by atoms with E-state index in [1.807, 2.05) is 6.92 Å². The number of hydrogen-bond donors (Lipinski definition) is 0. The van der Waals surface area contributed by atoms with E-state index in [2.05, 4.69) is 71.0 Å². The summed E-state index contributed by atoms with van der Waals surface area (Å²) < 4.78 is 17.8. The largest absolute Gasteiger partial charge is 0.496 e. The van der Waals surface area contributed by atoms with Crippen LogP contribution in [0.3, 0.4) is 0 Å². The molecule has 0 heterocycles. The third-order valence-electron chi connectivity index (χ3n) is 7.14. The highest BCUT2D eigenvalue weighted by Gasteiger charge is 2.29. The van der Waals surface area contributed by atoms with Crippen molar-refractivity contribution in [2.45, 2.75) is 98.7 Å². The molecule has 184 valence electrons. The molecule has 0 N–H and O–H groups in total. The Bertz CT molecular complexity index is 776. The van der Waals surface area contributed by atoms with Crippen molar-refractivity contribution in [1.82, 2.24) is 0 Å². The Morgan fingerprint density at radius 2 is 1.58 bits per heavy atom. The second-order valence-corrected chi connectivity index (χ2v) is 11.3. The van der Waals surface area contributed by atoms with Gasteiger partial charge in [-0.3, -0.25) is 0 Å². The molecule has 1 aromatic rings. The monoisotopic (exact) mass is 454 g/mol. The third kappa shape index (κ3) is 7.91. The van der Waals surface area contributed by atoms with Crippen molar-refractivity contribution < 1.29 is 14.2 Å². The quantitative estimate of drug-likeness (QED) is 0.262. The van der Waals surface area contributed by atoms with Crippen LogP contribution in [0.4, 0.5) is 0 Å². The first-order valence-corrected chi connectivity index (χ1v) is 13.1. The van der Waals surface area contributed by atoms with E-state index in [-0.39, 0.29) is 11.7 Å². The molecule has 3 heteroatoms. The molecule has 0 amide bonds. The van der Waals surface area contributed by atoms with E-state index in [1.165, 1.54) is 37.7 Å². The summed E-state index contributed by atoms with van der Waals surface area (Å²) in [6.45, 7) is 14.6. The molecular weight excluding hydrogens is 408 g/mol. The van der Waals surface area contributed by atoms with Crippen LogP contribution >= 0.6 is 0 Å². The highest BCUT2D eigenvalue weighted by Crippen LogP contribution is 2.41. The molecule has 1 aromatic carbocycles. The molecule has 2 unspecified atom stereocenters. The molecule has 0 bridgehead atoms. The lowest BCUT2D eigenvalue weighted by Crippen LogP contribution is -2.23. The average Bonchev–Trinajstić information content (AvgIpc) is 2.78. The van der Waals surface area contributed by atoms with Gasteiger partial charge in [0.15, 0.2) is 6.29 Å². The Hall–Kier alpha value is -1.74. The third-order valence-corrected chi connectivity index (χ3v) is 7.14. The van der Waals surface area contributed by atoms with Crippen LogP contribution in [0.15, 0.2) is 47.7 Å². The fourth-order valence-corrected chi connectivity index (χ4v) is 5.82. The van der Waals surface area contributed by atoms with Crippen molar-refractivity contribution in [2.24, 2.45) is 17.3 Å². The van der Waals surface area contributed by atoms with Gasteiger partial charge in [-0.1, -0.05) is 77.7 Å². The van der Waals surface area contributed by atoms with Gasteiger partial charge in [0.2, 0.25) is 0 Å². The number of rotatable bonds is 10. The van der Waals surface area contributed by atoms with Crippen LogP contribution in [0.1, 0.15) is 98.0 Å². The van der Waals surface area contributed by atoms with Crippen molar-refractivity contribution in [3.8, 4) is 5.75 Å². The highest BCUT2D eigenvalue weighted by atomic mass is 16.7. The van der Waals surface area contributed by atoms with E-state index >= 15 is 0 Å². The summed E-state index contributed by atoms with van der Waals surface area (Å²) in [6.07, 6.45) is 13.3. The molecule has 1 saturated carbocycles. The smallest absolute Gasteiger partial charge is 0.197 e. The molecule has 33 heavy (non-hydrogen) atoms. The highest BCUT2D eigenvalue weighted by molar-refractivity contribution is 5.31. The number of hydrogen-bond acceptors (Lipinski definition) is 3. The van der Waals surface area contributed by atoms with Crippen molar-refractivity contribution in [3.63, 3.8) is 0 Å². The standard InChI is InChI=1S/C30H46O3/c1-22(2)29(30(4,5)6)26-14-18-28(19-15-26)33-23(3)31-20-21-32-27-16-12-25(13-17-27)24-10-8-7-9-11-24/h12,14-16,18-19,22-24,29H,7-11,13,17,20-21H2,1-6H3. The summed E-state index contributed by atoms with van der Waals surface area (Å²) in [5, 5.41) is 0. The maximum Gasteiger partial charge on any atom is 0.197 e. The van der Waals surface area contributed by atoms with Crippen molar-refractivity contribution in [3.05, 3.63) is 53.3 Å². The summed E-state index contributed by atoms with van der Waals surface area (Å²) in [5.74, 6) is 3.85. The molecular formula is C30H46O3. The van der Waals surface area contributed by atoms with Gasteiger partial charge in [0, 0.05) is 6.42 Å². The normalized spacial score (nSPS) is 19.6. The molecule has 2 aliphatic rings. The minimum Gasteiger partial charge on any atom is -0.496 e. The van der Waals surface area contributed by atoms with Crippen LogP contribution in [-0.2, 0) is 9.47 Å². The van der Waals surface area contributed by atoms with Gasteiger partial charge in [0.25, 0.3) is 0 Å². The second kappa shape index (κ2) is 12.1. The van der Waals surface area contributed by atoms with Gasteiger partial charge >= 0.3 is 0 Å². The molecule has 0 saturated heterocycles. The summed E-state index contributed by atoms with van der Waals surface area (Å²) in [7, 11) is 0. The first-order valence-electron chi connectivity index (χ1n) is 13.1. The van der Waals surface area contributed by atoms with E-state index in [9.17, 15) is 0 Å². The summed E-state index contributed by atoms with van der Waals surface area (Å²) >= 11 is 0. The van der Waals surface area contributed by atoms with Gasteiger partial charge in [0.1, 0.15) is 12.4 Å². The number of allylic oxidation sites excluding steroid dienone is 4. The van der Waals surface area contributed by atoms with E-state index in [4.69, 9.17) is 14.2 Å². The molecule has 1 fully saturated rings. The van der Waals surface area contributed by atoms with Gasteiger partial charge in [0.05, 0.1) is 12.4 Å². The molecule has 0 aromatic heterocycles. The Kier molecular flexibility index (Phi) is 9.49. The zero-order valence-electron chi connectivity index (χ0n) is 21.9. The number of ether oxygens (including phenoxy) is 3. The van der Waals surface area contributed by atoms with E-state index in [0.29, 0.717) is 25.0 Å². The lowest BCUT2D eigenvalue weighted by molar-refractivity contribution is -0.0789. The fourth-order valence-electron chi connectivity index (χ4n) is 5.82. The van der Waals surface area contributed by atoms with Crippen molar-refractivity contribution >= 4 is 0 Å². The SMILES string of the molecule is CC(OCCOC1=CC=C(C2CCCCC2)CC1)Oc1ccc(C(C(C)C)C(C)(C)C)cc1. The summed E-state index contributed by atoms with van der Waals surface area (Å²) in [6, 6.07) is 8.53. The Morgan fingerprint density at radius 3 is 2.15 bits per heavy atom. The fraction of sp³-hybridized carbons (Fsp3) is 0.667. The molecule has 2 aliphatic carbocycles. The van der Waals surface area contributed by atoms with Gasteiger partial charge in [-0.2, -0.15) is 0 Å². The molecule has 3 nitrogen and oxygen atoms in total. The van der Waals surface area contributed by atoms with E-state index in [0.717, 1.165) is 30.3 Å². The molecule has 2 atom stereocenters. The summed E-state index contributed by atoms with van der Waals surface area (Å²) in [4.78, 5) is 0. The van der Waals surface area contributed by atoms with Crippen LogP contribution in [0.2, 0.25) is 0 Å². The summed E-state index contributed by atoms with van der Waals surface area (Å²) in [5.41, 5.74) is 3.23. The first kappa shape index (κ1) is 25.9. The first-order chi connectivity index (χ1) is 15.7. The molecule has 0 aliphatic heterocycles. The minimum atomic E-state index is -0.305. The second-order valence-electron chi connectivity index (χ2n) is 11.3. The topological polar surface area (TPSA) is 27.7 Å². The van der Waals surface area contributed by atoms with Gasteiger partial charge in [-0.15, -0.1) is 0 Å². The maximum absolute atomic E-state index is 5.97. The minimum absolute atomic E-state index is 0.230. The van der Waals surface area contributed by atoms with Crippen LogP contribution in [-0.4, -0.2) is 19.5 Å². The molecule has 0 radical (unpaired) electrons. The van der Waals surface area contributed by atoms with Crippen molar-refractivity contribution in [1.29, 1.82) is 0 Å². The molecule has 3 rings (SSSR count). The Morgan fingerprint density at radius 1 is 0.879 bits per heavy atom. The van der Waals surface area contributed by atoms with Crippen LogP contribution in [0.25, 0.3) is 0 Å². The van der Waals surface area contributed by atoms with Gasteiger partial charge < -0.3 is 14.2 Å². The maximum atomic E-state index is 5.97. The zero-order valence-corrected chi connectivity index (χ0v) is 21.9. The lowest BCUT2D eigenvalue weighted by atomic mass is 9.70. The van der Waals surface area contributed by atoms with Crippen LogP contribution < -0.4 is 4.74 Å². The van der Waals surface area contributed by atoms with Gasteiger partial charge in [-0.25, -0.2) is 0 Å². The molecule has 0 spiro atoms. The Balaban J connectivity index is 1.39. The van der Waals surface area contributed by atoms with Crippen molar-refractivity contribution in [2.75, 3.05) is 13.2 Å². The zero-order chi connectivity index (χ0) is 23.8. The van der Waals surface area contributed by atoms with E-state index in [1.54, 1.807) is 5.57 Å². The van der Waals surface area contributed by atoms with E-state index < -0.39 is 0 Å².